The van der Waals surface area contributed by atoms with Crippen LogP contribution in [-0.4, -0.2) is 30.7 Å². The molecule has 3 aromatic carbocycles. The molecule has 0 radical (unpaired) electrons. The maximum absolute atomic E-state index is 13.5. The molecule has 2 aliphatic rings. The number of hydrogen-bond donors (Lipinski definition) is 1. The molecule has 1 amide bonds. The van der Waals surface area contributed by atoms with Crippen LogP contribution in [0.4, 0.5) is 5.69 Å². The zero-order valence-electron chi connectivity index (χ0n) is 20.9. The molecule has 8 heteroatoms. The van der Waals surface area contributed by atoms with Crippen LogP contribution < -0.4 is 19.1 Å². The zero-order chi connectivity index (χ0) is 26.5. The Bertz CT molecular complexity index is 1440. The average Bonchev–Trinajstić information content (AvgIpc) is 3.45. The first-order valence-corrected chi connectivity index (χ1v) is 12.1. The number of benzene rings is 3. The fourth-order valence-corrected chi connectivity index (χ4v) is 4.72. The van der Waals surface area contributed by atoms with Gasteiger partial charge in [0.05, 0.1) is 24.3 Å². The van der Waals surface area contributed by atoms with E-state index in [2.05, 4.69) is 0 Å². The number of carbonyl (C=O) groups excluding carboxylic acids is 2. The summed E-state index contributed by atoms with van der Waals surface area (Å²) in [6, 6.07) is 16.4. The Morgan fingerprint density at radius 2 is 1.70 bits per heavy atom. The Kier molecular flexibility index (Phi) is 6.12. The number of nitrogens with zero attached hydrogens (tertiary/aromatic N) is 1. The summed E-state index contributed by atoms with van der Waals surface area (Å²) in [7, 11) is 1.49. The molecule has 1 fully saturated rings. The van der Waals surface area contributed by atoms with Gasteiger partial charge < -0.3 is 19.3 Å². The molecule has 0 spiro atoms. The third-order valence-electron chi connectivity index (χ3n) is 6.59. The van der Waals surface area contributed by atoms with E-state index < -0.39 is 17.7 Å². The third kappa shape index (κ3) is 4.29. The minimum Gasteiger partial charge on any atom is -0.507 e. The van der Waals surface area contributed by atoms with Crippen LogP contribution in [0.3, 0.4) is 0 Å². The molecule has 2 aliphatic heterocycles. The number of hydrogen-bond acceptors (Lipinski definition) is 6. The highest BCUT2D eigenvalue weighted by molar-refractivity contribution is 6.51. The summed E-state index contributed by atoms with van der Waals surface area (Å²) in [4.78, 5) is 28.4. The first kappa shape index (κ1) is 24.7. The van der Waals surface area contributed by atoms with Gasteiger partial charge in [0.1, 0.15) is 11.5 Å². The summed E-state index contributed by atoms with van der Waals surface area (Å²) < 4.78 is 16.4. The predicted molar refractivity (Wildman–Crippen MR) is 140 cm³/mol. The van der Waals surface area contributed by atoms with E-state index in [1.807, 2.05) is 26.8 Å². The smallest absolute Gasteiger partial charge is 0.300 e. The van der Waals surface area contributed by atoms with E-state index in [1.54, 1.807) is 54.6 Å². The van der Waals surface area contributed by atoms with E-state index >= 15 is 0 Å². The van der Waals surface area contributed by atoms with Crippen molar-refractivity contribution < 1.29 is 28.9 Å². The van der Waals surface area contributed by atoms with Gasteiger partial charge in [-0.3, -0.25) is 14.5 Å². The number of Topliss-reactive ketones (excluding diaryl/α,β-unsaturated/α-hetero) is 1. The number of carbonyl (C=O) groups is 2. The van der Waals surface area contributed by atoms with Crippen molar-refractivity contribution in [2.75, 3.05) is 18.8 Å². The van der Waals surface area contributed by atoms with Crippen molar-refractivity contribution >= 4 is 34.7 Å². The molecule has 1 saturated heterocycles. The standard InChI is InChI=1S/C29H26ClNO6/c1-29(2,3)17-7-11-21(35-4)20(13-17)26(32)24-25(16-5-8-18(30)9-6-16)31(28(34)27(24)33)19-10-12-22-23(14-19)37-15-36-22/h5-14,25,32H,15H2,1-4H3/b26-24+. The van der Waals surface area contributed by atoms with Gasteiger partial charge in [-0.15, -0.1) is 0 Å². The summed E-state index contributed by atoms with van der Waals surface area (Å²) in [5, 5.41) is 12.1. The molecular weight excluding hydrogens is 494 g/mol. The number of fused-ring (bicyclic) bond motifs is 1. The Morgan fingerprint density at radius 3 is 2.38 bits per heavy atom. The van der Waals surface area contributed by atoms with Gasteiger partial charge >= 0.3 is 0 Å². The molecule has 190 valence electrons. The summed E-state index contributed by atoms with van der Waals surface area (Å²) in [5.74, 6) is -0.496. The molecule has 0 bridgehead atoms. The molecule has 2 heterocycles. The number of ether oxygens (including phenoxy) is 3. The molecule has 1 N–H and O–H groups in total. The van der Waals surface area contributed by atoms with Crippen molar-refractivity contribution in [1.29, 1.82) is 0 Å². The normalized spacial score (nSPS) is 18.4. The van der Waals surface area contributed by atoms with E-state index in [-0.39, 0.29) is 23.5 Å². The van der Waals surface area contributed by atoms with E-state index in [1.165, 1.54) is 12.0 Å². The van der Waals surface area contributed by atoms with Gasteiger partial charge in [-0.2, -0.15) is 0 Å². The minimum atomic E-state index is -0.916. The van der Waals surface area contributed by atoms with E-state index in [0.717, 1.165) is 5.56 Å². The summed E-state index contributed by atoms with van der Waals surface area (Å²) >= 11 is 6.13. The fourth-order valence-electron chi connectivity index (χ4n) is 4.60. The highest BCUT2D eigenvalue weighted by Crippen LogP contribution is 2.46. The second kappa shape index (κ2) is 9.16. The van der Waals surface area contributed by atoms with Crippen molar-refractivity contribution in [2.24, 2.45) is 0 Å². The Morgan fingerprint density at radius 1 is 1.00 bits per heavy atom. The van der Waals surface area contributed by atoms with Crippen LogP contribution in [0.2, 0.25) is 5.02 Å². The van der Waals surface area contributed by atoms with Gasteiger partial charge in [-0.05, 0) is 52.9 Å². The number of aliphatic hydroxyl groups is 1. The molecule has 0 aromatic heterocycles. The van der Waals surface area contributed by atoms with Crippen molar-refractivity contribution in [3.8, 4) is 17.2 Å². The Balaban J connectivity index is 1.74. The van der Waals surface area contributed by atoms with Gasteiger partial charge in [0, 0.05) is 16.8 Å². The fraction of sp³-hybridized carbons (Fsp3) is 0.241. The van der Waals surface area contributed by atoms with Gasteiger partial charge in [0.15, 0.2) is 11.5 Å². The molecule has 37 heavy (non-hydrogen) atoms. The number of anilines is 1. The molecule has 3 aromatic rings. The van der Waals surface area contributed by atoms with Crippen LogP contribution in [0.5, 0.6) is 17.2 Å². The number of aliphatic hydroxyl groups excluding tert-OH is 1. The van der Waals surface area contributed by atoms with Gasteiger partial charge in [-0.25, -0.2) is 0 Å². The SMILES string of the molecule is COc1ccc(C(C)(C)C)cc1/C(O)=C1\C(=O)C(=O)N(c2ccc3c(c2)OCO3)C1c1ccc(Cl)cc1. The zero-order valence-corrected chi connectivity index (χ0v) is 21.6. The molecule has 1 unspecified atom stereocenters. The summed E-state index contributed by atoms with van der Waals surface area (Å²) in [6.45, 7) is 6.21. The van der Waals surface area contributed by atoms with Gasteiger partial charge in [0.25, 0.3) is 11.7 Å². The first-order chi connectivity index (χ1) is 17.6. The lowest BCUT2D eigenvalue weighted by Crippen LogP contribution is -2.29. The monoisotopic (exact) mass is 519 g/mol. The largest absolute Gasteiger partial charge is 0.507 e. The first-order valence-electron chi connectivity index (χ1n) is 11.7. The Hall–Kier alpha value is -3.97. The lowest BCUT2D eigenvalue weighted by atomic mass is 9.85. The number of ketones is 1. The topological polar surface area (TPSA) is 85.3 Å². The molecule has 7 nitrogen and oxygen atoms in total. The van der Waals surface area contributed by atoms with Crippen LogP contribution in [0.25, 0.3) is 5.76 Å². The molecule has 5 rings (SSSR count). The van der Waals surface area contributed by atoms with Crippen molar-refractivity contribution in [2.45, 2.75) is 32.2 Å². The number of methoxy groups -OCH3 is 1. The number of amides is 1. The lowest BCUT2D eigenvalue weighted by Gasteiger charge is -2.26. The number of halogens is 1. The Labute approximate surface area is 219 Å². The highest BCUT2D eigenvalue weighted by atomic mass is 35.5. The summed E-state index contributed by atoms with van der Waals surface area (Å²) in [5.41, 5.74) is 2.03. The molecule has 0 aliphatic carbocycles. The van der Waals surface area contributed by atoms with E-state index in [0.29, 0.717) is 39.1 Å². The second-order valence-corrected chi connectivity index (χ2v) is 10.4. The third-order valence-corrected chi connectivity index (χ3v) is 6.84. The summed E-state index contributed by atoms with van der Waals surface area (Å²) in [6.07, 6.45) is 0. The van der Waals surface area contributed by atoms with Gasteiger partial charge in [-0.1, -0.05) is 50.6 Å². The van der Waals surface area contributed by atoms with Crippen LogP contribution in [0.1, 0.15) is 43.5 Å². The van der Waals surface area contributed by atoms with Gasteiger partial charge in [0.2, 0.25) is 6.79 Å². The highest BCUT2D eigenvalue weighted by Gasteiger charge is 2.47. The predicted octanol–water partition coefficient (Wildman–Crippen LogP) is 6.00. The van der Waals surface area contributed by atoms with E-state index in [4.69, 9.17) is 25.8 Å². The van der Waals surface area contributed by atoms with Crippen molar-refractivity contribution in [3.05, 3.63) is 87.9 Å². The van der Waals surface area contributed by atoms with Crippen LogP contribution in [-0.2, 0) is 15.0 Å². The average molecular weight is 520 g/mol. The van der Waals surface area contributed by atoms with E-state index in [9.17, 15) is 14.7 Å². The second-order valence-electron chi connectivity index (χ2n) is 9.92. The molecular formula is C29H26ClNO6. The quantitative estimate of drug-likeness (QED) is 0.258. The number of rotatable bonds is 4. The van der Waals surface area contributed by atoms with Crippen molar-refractivity contribution in [1.82, 2.24) is 0 Å². The maximum atomic E-state index is 13.5. The molecule has 0 saturated carbocycles. The van der Waals surface area contributed by atoms with Crippen LogP contribution in [0, 0.1) is 0 Å². The van der Waals surface area contributed by atoms with Crippen molar-refractivity contribution in [3.63, 3.8) is 0 Å². The molecule has 1 atom stereocenters. The minimum absolute atomic E-state index is 0.0469. The lowest BCUT2D eigenvalue weighted by molar-refractivity contribution is -0.132. The van der Waals surface area contributed by atoms with Crippen LogP contribution >= 0.6 is 11.6 Å². The maximum Gasteiger partial charge on any atom is 0.300 e. The van der Waals surface area contributed by atoms with Crippen LogP contribution in [0.15, 0.2) is 66.2 Å².